The van der Waals surface area contributed by atoms with Crippen molar-refractivity contribution in [1.82, 2.24) is 10.3 Å². The molecule has 2 N–H and O–H groups in total. The van der Waals surface area contributed by atoms with E-state index in [0.29, 0.717) is 36.9 Å². The van der Waals surface area contributed by atoms with Gasteiger partial charge in [0.1, 0.15) is 11.5 Å². The zero-order valence-corrected chi connectivity index (χ0v) is 20.2. The van der Waals surface area contributed by atoms with Gasteiger partial charge in [-0.3, -0.25) is 10.1 Å². The number of anilines is 1. The minimum atomic E-state index is -0.702. The fraction of sp³-hybridized carbons (Fsp3) is 0.0833. The molecule has 164 valence electrons. The van der Waals surface area contributed by atoms with Crippen LogP contribution in [-0.2, 0) is 4.79 Å². The lowest BCUT2D eigenvalue weighted by Crippen LogP contribution is -2.19. The van der Waals surface area contributed by atoms with E-state index in [1.807, 2.05) is 31.1 Å². The normalized spacial score (nSPS) is 14.7. The van der Waals surface area contributed by atoms with Crippen LogP contribution in [0.1, 0.15) is 38.7 Å². The van der Waals surface area contributed by atoms with Crippen LogP contribution in [0.5, 0.6) is 0 Å². The van der Waals surface area contributed by atoms with Gasteiger partial charge in [0.05, 0.1) is 16.3 Å². The summed E-state index contributed by atoms with van der Waals surface area (Å²) in [5, 5.41) is 6.65. The van der Waals surface area contributed by atoms with E-state index >= 15 is 0 Å². The van der Waals surface area contributed by atoms with Crippen molar-refractivity contribution in [2.75, 3.05) is 5.32 Å². The maximum atomic E-state index is 14.0. The van der Waals surface area contributed by atoms with Crippen LogP contribution in [0, 0.1) is 12.7 Å². The molecule has 0 aliphatic carbocycles. The molecule has 1 aliphatic rings. The number of thiazole rings is 1. The number of nitrogens with zero attached hydrogens (tertiary/aromatic N) is 1. The van der Waals surface area contributed by atoms with Crippen molar-refractivity contribution in [2.24, 2.45) is 0 Å². The molecule has 0 saturated carbocycles. The highest BCUT2D eigenvalue weighted by molar-refractivity contribution is 9.10. The van der Waals surface area contributed by atoms with Crippen LogP contribution in [-0.4, -0.2) is 16.8 Å². The molecule has 1 aliphatic heterocycles. The molecular formula is C24H14BrClFN3O2S. The van der Waals surface area contributed by atoms with Crippen molar-refractivity contribution < 1.29 is 14.0 Å². The molecular weight excluding hydrogens is 529 g/mol. The van der Waals surface area contributed by atoms with Crippen LogP contribution < -0.4 is 10.6 Å². The molecule has 0 radical (unpaired) electrons. The standard InChI is InChI=1S/C24H14BrClFN3O2S/c1-11-2-5-18-20(6-11)33-24(29-18)30-23(32)16-8-12(25)7-15-19(10-31)28-22(21(15)16)14-9-13(27)3-4-17(14)26/h2-9,22,28H,1H3,(H,29,30,32). The first-order valence-corrected chi connectivity index (χ1v) is 11.8. The molecule has 0 bridgehead atoms. The molecule has 2 heterocycles. The number of benzene rings is 3. The second-order valence-electron chi connectivity index (χ2n) is 7.58. The largest absolute Gasteiger partial charge is 0.365 e. The Hall–Kier alpha value is -3.03. The van der Waals surface area contributed by atoms with Gasteiger partial charge in [-0.05, 0) is 55.0 Å². The van der Waals surface area contributed by atoms with E-state index in [4.69, 9.17) is 11.6 Å². The van der Waals surface area contributed by atoms with E-state index in [1.54, 1.807) is 12.1 Å². The Morgan fingerprint density at radius 2 is 2.06 bits per heavy atom. The molecule has 5 rings (SSSR count). The van der Waals surface area contributed by atoms with Gasteiger partial charge >= 0.3 is 0 Å². The lowest BCUT2D eigenvalue weighted by atomic mass is 9.93. The van der Waals surface area contributed by atoms with E-state index < -0.39 is 17.8 Å². The number of aromatic nitrogens is 1. The maximum Gasteiger partial charge on any atom is 0.257 e. The number of carbonyl (C=O) groups is 1. The Bertz CT molecular complexity index is 1510. The SMILES string of the molecule is Cc1ccc2nc(NC(=O)c3cc(Br)cc4c3C(c3cc(F)ccc3Cl)NC4=C=O)sc2c1. The molecule has 1 amide bonds. The molecule has 0 fully saturated rings. The van der Waals surface area contributed by atoms with Gasteiger partial charge in [0.25, 0.3) is 5.91 Å². The molecule has 1 atom stereocenters. The minimum absolute atomic E-state index is 0.168. The molecule has 3 aromatic carbocycles. The van der Waals surface area contributed by atoms with Gasteiger partial charge in [0, 0.05) is 31.7 Å². The highest BCUT2D eigenvalue weighted by atomic mass is 79.9. The van der Waals surface area contributed by atoms with Crippen LogP contribution in [0.25, 0.3) is 15.9 Å². The summed E-state index contributed by atoms with van der Waals surface area (Å²) in [6.07, 6.45) is 0. The maximum absolute atomic E-state index is 14.0. The highest BCUT2D eigenvalue weighted by Crippen LogP contribution is 2.42. The van der Waals surface area contributed by atoms with E-state index in [9.17, 15) is 14.0 Å². The number of halogens is 3. The average molecular weight is 543 g/mol. The quantitative estimate of drug-likeness (QED) is 0.299. The van der Waals surface area contributed by atoms with Crippen LogP contribution in [0.15, 0.2) is 53.0 Å². The van der Waals surface area contributed by atoms with Crippen LogP contribution in [0.3, 0.4) is 0 Å². The van der Waals surface area contributed by atoms with E-state index in [2.05, 4.69) is 31.5 Å². The predicted octanol–water partition coefficient (Wildman–Crippen LogP) is 6.28. The summed E-state index contributed by atoms with van der Waals surface area (Å²) in [4.78, 5) is 29.5. The predicted molar refractivity (Wildman–Crippen MR) is 132 cm³/mol. The number of hydrogen-bond donors (Lipinski definition) is 2. The number of rotatable bonds is 3. The van der Waals surface area contributed by atoms with Crippen molar-refractivity contribution in [3.8, 4) is 0 Å². The van der Waals surface area contributed by atoms with Gasteiger partial charge in [0.15, 0.2) is 11.1 Å². The molecule has 0 saturated heterocycles. The number of nitrogens with one attached hydrogen (secondary N) is 2. The van der Waals surface area contributed by atoms with Crippen molar-refractivity contribution in [2.45, 2.75) is 13.0 Å². The zero-order valence-electron chi connectivity index (χ0n) is 17.0. The average Bonchev–Trinajstić information content (AvgIpc) is 3.34. The summed E-state index contributed by atoms with van der Waals surface area (Å²) in [7, 11) is 0. The molecule has 1 aromatic heterocycles. The van der Waals surface area contributed by atoms with Crippen molar-refractivity contribution in [3.63, 3.8) is 0 Å². The van der Waals surface area contributed by atoms with Gasteiger partial charge in [-0.1, -0.05) is 44.9 Å². The van der Waals surface area contributed by atoms with E-state index in [1.165, 1.54) is 29.5 Å². The summed E-state index contributed by atoms with van der Waals surface area (Å²) in [6.45, 7) is 1.99. The summed E-state index contributed by atoms with van der Waals surface area (Å²) >= 11 is 11.1. The van der Waals surface area contributed by atoms with E-state index in [0.717, 1.165) is 15.8 Å². The Kier molecular flexibility index (Phi) is 5.54. The Balaban J connectivity index is 1.61. The third-order valence-corrected chi connectivity index (χ3v) is 7.11. The lowest BCUT2D eigenvalue weighted by Gasteiger charge is -2.17. The Morgan fingerprint density at radius 3 is 2.85 bits per heavy atom. The van der Waals surface area contributed by atoms with Gasteiger partial charge in [-0.15, -0.1) is 0 Å². The molecule has 9 heteroatoms. The second kappa shape index (κ2) is 8.39. The fourth-order valence-corrected chi connectivity index (χ4v) is 5.56. The smallest absolute Gasteiger partial charge is 0.257 e. The van der Waals surface area contributed by atoms with Crippen LogP contribution in [0.4, 0.5) is 9.52 Å². The van der Waals surface area contributed by atoms with Crippen molar-refractivity contribution in [3.05, 3.63) is 91.7 Å². The molecule has 5 nitrogen and oxygen atoms in total. The molecule has 1 unspecified atom stereocenters. The summed E-state index contributed by atoms with van der Waals surface area (Å²) in [5.74, 6) is 0.991. The Morgan fingerprint density at radius 1 is 1.24 bits per heavy atom. The first-order chi connectivity index (χ1) is 15.8. The van der Waals surface area contributed by atoms with Crippen molar-refractivity contribution >= 4 is 71.8 Å². The first kappa shape index (κ1) is 21.8. The van der Waals surface area contributed by atoms with Gasteiger partial charge < -0.3 is 5.32 Å². The third-order valence-electron chi connectivity index (χ3n) is 5.37. The summed E-state index contributed by atoms with van der Waals surface area (Å²) in [6, 6.07) is 12.5. The third kappa shape index (κ3) is 3.96. The molecule has 0 spiro atoms. The second-order valence-corrected chi connectivity index (χ2v) is 9.93. The monoisotopic (exact) mass is 541 g/mol. The molecule has 4 aromatic rings. The highest BCUT2D eigenvalue weighted by Gasteiger charge is 2.34. The van der Waals surface area contributed by atoms with Gasteiger partial charge in [-0.25, -0.2) is 14.2 Å². The van der Waals surface area contributed by atoms with Crippen molar-refractivity contribution in [1.29, 1.82) is 0 Å². The van der Waals surface area contributed by atoms with Gasteiger partial charge in [0.2, 0.25) is 0 Å². The van der Waals surface area contributed by atoms with Gasteiger partial charge in [-0.2, -0.15) is 0 Å². The first-order valence-electron chi connectivity index (χ1n) is 9.83. The number of fused-ring (bicyclic) bond motifs is 2. The number of amides is 1. The summed E-state index contributed by atoms with van der Waals surface area (Å²) < 4.78 is 15.6. The van der Waals surface area contributed by atoms with Crippen LogP contribution >= 0.6 is 38.9 Å². The number of hydrogen-bond acceptors (Lipinski definition) is 5. The number of carbonyl (C=O) groups excluding carboxylic acids is 2. The molecule has 33 heavy (non-hydrogen) atoms. The van der Waals surface area contributed by atoms with Crippen LogP contribution in [0.2, 0.25) is 5.02 Å². The fourth-order valence-electron chi connectivity index (χ4n) is 3.92. The topological polar surface area (TPSA) is 71.1 Å². The summed E-state index contributed by atoms with van der Waals surface area (Å²) in [5.41, 5.74) is 3.78. The number of aryl methyl sites for hydroxylation is 1. The zero-order chi connectivity index (χ0) is 23.3. The lowest BCUT2D eigenvalue weighted by molar-refractivity contribution is 0.102. The van der Waals surface area contributed by atoms with E-state index in [-0.39, 0.29) is 5.70 Å². The minimum Gasteiger partial charge on any atom is -0.365 e. The Labute approximate surface area is 205 Å².